The molecule has 0 aliphatic heterocycles. The van der Waals surface area contributed by atoms with E-state index >= 15 is 0 Å². The Bertz CT molecular complexity index is 812. The molecule has 2 rings (SSSR count). The first kappa shape index (κ1) is 19.7. The smallest absolute Gasteiger partial charge is 0.328 e. The van der Waals surface area contributed by atoms with E-state index in [0.717, 1.165) is 0 Å². The standard InChI is InChI=1S/C17H15Cl2N3O4/c1-10(21-16(24)12-4-2-3-5-13(12)19)17(25)26-9-15(23)22-14-7-6-11(18)8-20-14/h2-8,10H,9H2,1H3,(H,21,24)(H,20,22,23)/t10-/m0/s1. The van der Waals surface area contributed by atoms with Crippen molar-refractivity contribution < 1.29 is 19.1 Å². The highest BCUT2D eigenvalue weighted by molar-refractivity contribution is 6.33. The van der Waals surface area contributed by atoms with Gasteiger partial charge in [-0.05, 0) is 31.2 Å². The first-order valence-corrected chi connectivity index (χ1v) is 8.26. The van der Waals surface area contributed by atoms with E-state index in [4.69, 9.17) is 27.9 Å². The lowest BCUT2D eigenvalue weighted by atomic mass is 10.2. The molecule has 0 spiro atoms. The van der Waals surface area contributed by atoms with Crippen LogP contribution in [0.1, 0.15) is 17.3 Å². The van der Waals surface area contributed by atoms with Gasteiger partial charge >= 0.3 is 5.97 Å². The van der Waals surface area contributed by atoms with Gasteiger partial charge in [0.2, 0.25) is 0 Å². The number of esters is 1. The molecule has 1 aromatic heterocycles. The van der Waals surface area contributed by atoms with Crippen molar-refractivity contribution in [2.75, 3.05) is 11.9 Å². The number of pyridine rings is 1. The van der Waals surface area contributed by atoms with Crippen LogP contribution in [0.15, 0.2) is 42.6 Å². The van der Waals surface area contributed by atoms with Crippen LogP contribution in [-0.4, -0.2) is 35.4 Å². The second-order valence-electron chi connectivity index (χ2n) is 5.19. The first-order valence-electron chi connectivity index (χ1n) is 7.50. The van der Waals surface area contributed by atoms with E-state index in [-0.39, 0.29) is 16.4 Å². The third-order valence-electron chi connectivity index (χ3n) is 3.16. The molecule has 0 saturated carbocycles. The summed E-state index contributed by atoms with van der Waals surface area (Å²) >= 11 is 11.6. The van der Waals surface area contributed by atoms with Gasteiger partial charge in [-0.3, -0.25) is 9.59 Å². The molecule has 9 heteroatoms. The summed E-state index contributed by atoms with van der Waals surface area (Å²) in [7, 11) is 0. The van der Waals surface area contributed by atoms with E-state index in [0.29, 0.717) is 5.02 Å². The molecule has 1 aromatic carbocycles. The number of ether oxygens (including phenoxy) is 1. The van der Waals surface area contributed by atoms with E-state index < -0.39 is 30.4 Å². The largest absolute Gasteiger partial charge is 0.454 e. The van der Waals surface area contributed by atoms with Crippen LogP contribution in [-0.2, 0) is 14.3 Å². The zero-order valence-electron chi connectivity index (χ0n) is 13.7. The first-order chi connectivity index (χ1) is 12.4. The summed E-state index contributed by atoms with van der Waals surface area (Å²) in [6.07, 6.45) is 1.37. The highest BCUT2D eigenvalue weighted by Gasteiger charge is 2.20. The molecule has 0 aliphatic rings. The summed E-state index contributed by atoms with van der Waals surface area (Å²) in [4.78, 5) is 39.6. The third-order valence-corrected chi connectivity index (χ3v) is 3.71. The Kier molecular flexibility index (Phi) is 6.94. The normalized spacial score (nSPS) is 11.3. The molecule has 0 bridgehead atoms. The summed E-state index contributed by atoms with van der Waals surface area (Å²) in [5, 5.41) is 5.60. The molecule has 2 aromatic rings. The van der Waals surface area contributed by atoms with Crippen molar-refractivity contribution in [2.45, 2.75) is 13.0 Å². The molecule has 1 atom stereocenters. The predicted molar refractivity (Wildman–Crippen MR) is 97.2 cm³/mol. The SMILES string of the molecule is C[C@H](NC(=O)c1ccccc1Cl)C(=O)OCC(=O)Nc1ccc(Cl)cn1. The summed E-state index contributed by atoms with van der Waals surface area (Å²) < 4.78 is 4.88. The number of anilines is 1. The number of rotatable bonds is 6. The van der Waals surface area contributed by atoms with E-state index in [1.807, 2.05) is 0 Å². The van der Waals surface area contributed by atoms with Crippen molar-refractivity contribution in [2.24, 2.45) is 0 Å². The van der Waals surface area contributed by atoms with Crippen LogP contribution >= 0.6 is 23.2 Å². The van der Waals surface area contributed by atoms with Gasteiger partial charge in [0.25, 0.3) is 11.8 Å². The molecule has 7 nitrogen and oxygen atoms in total. The van der Waals surface area contributed by atoms with Crippen LogP contribution in [0.25, 0.3) is 0 Å². The second kappa shape index (κ2) is 9.17. The Morgan fingerprint density at radius 1 is 1.15 bits per heavy atom. The number of carbonyl (C=O) groups is 3. The lowest BCUT2D eigenvalue weighted by Gasteiger charge is -2.14. The molecule has 2 N–H and O–H groups in total. The minimum absolute atomic E-state index is 0.236. The fourth-order valence-electron chi connectivity index (χ4n) is 1.87. The van der Waals surface area contributed by atoms with Gasteiger partial charge in [0.15, 0.2) is 6.61 Å². The monoisotopic (exact) mass is 395 g/mol. The molecule has 0 radical (unpaired) electrons. The van der Waals surface area contributed by atoms with Crippen molar-refractivity contribution in [1.29, 1.82) is 0 Å². The molecule has 2 amide bonds. The maximum absolute atomic E-state index is 12.1. The molecule has 136 valence electrons. The lowest BCUT2D eigenvalue weighted by molar-refractivity contribution is -0.148. The summed E-state index contributed by atoms with van der Waals surface area (Å²) in [6, 6.07) is 8.54. The van der Waals surface area contributed by atoms with Gasteiger partial charge in [-0.1, -0.05) is 35.3 Å². The summed E-state index contributed by atoms with van der Waals surface area (Å²) in [5.74, 6) is -1.58. The molecule has 0 saturated heterocycles. The number of nitrogens with zero attached hydrogens (tertiary/aromatic N) is 1. The van der Waals surface area contributed by atoms with Crippen molar-refractivity contribution >= 4 is 46.8 Å². The van der Waals surface area contributed by atoms with E-state index in [1.54, 1.807) is 24.3 Å². The number of nitrogens with one attached hydrogen (secondary N) is 2. The molecular formula is C17H15Cl2N3O4. The average Bonchev–Trinajstić information content (AvgIpc) is 2.61. The van der Waals surface area contributed by atoms with Gasteiger partial charge < -0.3 is 15.4 Å². The Hall–Kier alpha value is -2.64. The Morgan fingerprint density at radius 2 is 1.88 bits per heavy atom. The van der Waals surface area contributed by atoms with Crippen LogP contribution in [0.2, 0.25) is 10.0 Å². The van der Waals surface area contributed by atoms with Crippen molar-refractivity contribution in [3.8, 4) is 0 Å². The minimum Gasteiger partial charge on any atom is -0.454 e. The Morgan fingerprint density at radius 3 is 2.54 bits per heavy atom. The van der Waals surface area contributed by atoms with Crippen LogP contribution in [0, 0.1) is 0 Å². The minimum atomic E-state index is -0.958. The van der Waals surface area contributed by atoms with Gasteiger partial charge in [0.05, 0.1) is 15.6 Å². The van der Waals surface area contributed by atoms with Gasteiger partial charge in [0.1, 0.15) is 11.9 Å². The molecular weight excluding hydrogens is 381 g/mol. The Balaban J connectivity index is 1.81. The van der Waals surface area contributed by atoms with Crippen LogP contribution < -0.4 is 10.6 Å². The lowest BCUT2D eigenvalue weighted by Crippen LogP contribution is -2.40. The van der Waals surface area contributed by atoms with Crippen LogP contribution in [0.5, 0.6) is 0 Å². The van der Waals surface area contributed by atoms with Crippen LogP contribution in [0.3, 0.4) is 0 Å². The number of carbonyl (C=O) groups excluding carboxylic acids is 3. The van der Waals surface area contributed by atoms with E-state index in [1.165, 1.54) is 25.3 Å². The predicted octanol–water partition coefficient (Wildman–Crippen LogP) is 2.69. The van der Waals surface area contributed by atoms with Crippen LogP contribution in [0.4, 0.5) is 5.82 Å². The maximum atomic E-state index is 12.1. The van der Waals surface area contributed by atoms with Crippen molar-refractivity contribution in [1.82, 2.24) is 10.3 Å². The zero-order chi connectivity index (χ0) is 19.1. The number of benzene rings is 1. The molecule has 0 aliphatic carbocycles. The Labute approximate surface area is 159 Å². The number of hydrogen-bond acceptors (Lipinski definition) is 5. The molecule has 0 unspecified atom stereocenters. The fourth-order valence-corrected chi connectivity index (χ4v) is 2.20. The average molecular weight is 396 g/mol. The quantitative estimate of drug-likeness (QED) is 0.732. The van der Waals surface area contributed by atoms with Gasteiger partial charge in [-0.15, -0.1) is 0 Å². The number of amides is 2. The van der Waals surface area contributed by atoms with Crippen molar-refractivity contribution in [3.05, 3.63) is 58.2 Å². The van der Waals surface area contributed by atoms with Crippen molar-refractivity contribution in [3.63, 3.8) is 0 Å². The highest BCUT2D eigenvalue weighted by Crippen LogP contribution is 2.14. The number of aromatic nitrogens is 1. The summed E-state index contributed by atoms with van der Waals surface area (Å²) in [5.41, 5.74) is 0.236. The number of halogens is 2. The maximum Gasteiger partial charge on any atom is 0.328 e. The topological polar surface area (TPSA) is 97.4 Å². The highest BCUT2D eigenvalue weighted by atomic mass is 35.5. The summed E-state index contributed by atoms with van der Waals surface area (Å²) in [6.45, 7) is 0.922. The van der Waals surface area contributed by atoms with E-state index in [2.05, 4.69) is 15.6 Å². The second-order valence-corrected chi connectivity index (χ2v) is 6.04. The fraction of sp³-hybridized carbons (Fsp3) is 0.176. The molecule has 1 heterocycles. The van der Waals surface area contributed by atoms with Gasteiger partial charge in [-0.25, -0.2) is 9.78 Å². The molecule has 26 heavy (non-hydrogen) atoms. The van der Waals surface area contributed by atoms with E-state index in [9.17, 15) is 14.4 Å². The third kappa shape index (κ3) is 5.72. The van der Waals surface area contributed by atoms with Gasteiger partial charge in [0, 0.05) is 6.20 Å². The number of hydrogen-bond donors (Lipinski definition) is 2. The molecule has 0 fully saturated rings. The van der Waals surface area contributed by atoms with Gasteiger partial charge in [-0.2, -0.15) is 0 Å². The zero-order valence-corrected chi connectivity index (χ0v) is 15.2.